The van der Waals surface area contributed by atoms with Crippen LogP contribution in [0.2, 0.25) is 0 Å². The standard InChI is InChI=1S/C25H24N6O2/c1-16-23(17(2)33-30-16)25(32)31-13-7-11-21(31)24-28-20(18-8-6-12-26-15-18)14-22(29-24)27-19-9-4-3-5-10-19/h3-6,8-10,12,14-15,21H,7,11,13H2,1-2H3,(H,27,28,29). The minimum Gasteiger partial charge on any atom is -0.361 e. The number of pyridine rings is 1. The Morgan fingerprint density at radius 1 is 1.12 bits per heavy atom. The van der Waals surface area contributed by atoms with Crippen molar-refractivity contribution in [2.45, 2.75) is 32.7 Å². The van der Waals surface area contributed by atoms with Gasteiger partial charge in [0, 0.05) is 36.3 Å². The fourth-order valence-electron chi connectivity index (χ4n) is 4.22. The van der Waals surface area contributed by atoms with Crippen molar-refractivity contribution in [3.05, 3.63) is 83.8 Å². The van der Waals surface area contributed by atoms with E-state index in [4.69, 9.17) is 14.5 Å². The van der Waals surface area contributed by atoms with Crippen molar-refractivity contribution in [3.63, 3.8) is 0 Å². The number of aryl methyl sites for hydroxylation is 2. The third-order valence-corrected chi connectivity index (χ3v) is 5.81. The highest BCUT2D eigenvalue weighted by Crippen LogP contribution is 2.34. The molecule has 3 aromatic heterocycles. The van der Waals surface area contributed by atoms with Gasteiger partial charge in [-0.25, -0.2) is 9.97 Å². The monoisotopic (exact) mass is 440 g/mol. The quantitative estimate of drug-likeness (QED) is 0.473. The summed E-state index contributed by atoms with van der Waals surface area (Å²) in [5.41, 5.74) is 3.68. The highest BCUT2D eigenvalue weighted by Gasteiger charge is 2.35. The van der Waals surface area contributed by atoms with Crippen LogP contribution in [0.15, 0.2) is 65.4 Å². The van der Waals surface area contributed by atoms with Gasteiger partial charge in [0.05, 0.1) is 17.4 Å². The normalized spacial score (nSPS) is 15.6. The van der Waals surface area contributed by atoms with E-state index in [1.54, 1.807) is 26.2 Å². The first-order valence-corrected chi connectivity index (χ1v) is 11.0. The summed E-state index contributed by atoms with van der Waals surface area (Å²) in [4.78, 5) is 29.2. The van der Waals surface area contributed by atoms with E-state index in [1.807, 2.05) is 53.4 Å². The molecule has 8 heteroatoms. The Morgan fingerprint density at radius 2 is 1.97 bits per heavy atom. The lowest BCUT2D eigenvalue weighted by Crippen LogP contribution is -2.32. The molecule has 1 amide bonds. The summed E-state index contributed by atoms with van der Waals surface area (Å²) in [6.07, 6.45) is 5.17. The summed E-state index contributed by atoms with van der Waals surface area (Å²) in [6.45, 7) is 4.19. The number of carbonyl (C=O) groups is 1. The zero-order valence-corrected chi connectivity index (χ0v) is 18.5. The molecule has 0 spiro atoms. The average Bonchev–Trinajstić information content (AvgIpc) is 3.46. The lowest BCUT2D eigenvalue weighted by Gasteiger charge is -2.24. The molecule has 33 heavy (non-hydrogen) atoms. The van der Waals surface area contributed by atoms with Crippen molar-refractivity contribution in [1.29, 1.82) is 0 Å². The molecular weight excluding hydrogens is 416 g/mol. The minimum atomic E-state index is -0.237. The number of likely N-dealkylation sites (tertiary alicyclic amines) is 1. The molecule has 5 rings (SSSR count). The molecule has 1 N–H and O–H groups in total. The minimum absolute atomic E-state index is 0.0956. The summed E-state index contributed by atoms with van der Waals surface area (Å²) in [6, 6.07) is 15.4. The summed E-state index contributed by atoms with van der Waals surface area (Å²) >= 11 is 0. The number of amides is 1. The maximum Gasteiger partial charge on any atom is 0.259 e. The molecular formula is C25H24N6O2. The Kier molecular flexibility index (Phi) is 5.56. The van der Waals surface area contributed by atoms with Crippen LogP contribution in [0, 0.1) is 13.8 Å². The van der Waals surface area contributed by atoms with E-state index in [2.05, 4.69) is 15.5 Å². The van der Waals surface area contributed by atoms with E-state index in [1.165, 1.54) is 0 Å². The molecule has 0 bridgehead atoms. The highest BCUT2D eigenvalue weighted by atomic mass is 16.5. The van der Waals surface area contributed by atoms with Crippen molar-refractivity contribution in [2.75, 3.05) is 11.9 Å². The second-order valence-electron chi connectivity index (χ2n) is 8.09. The van der Waals surface area contributed by atoms with E-state index >= 15 is 0 Å². The van der Waals surface area contributed by atoms with E-state index < -0.39 is 0 Å². The van der Waals surface area contributed by atoms with Gasteiger partial charge in [-0.3, -0.25) is 9.78 Å². The molecule has 1 saturated heterocycles. The first-order valence-electron chi connectivity index (χ1n) is 11.0. The molecule has 8 nitrogen and oxygen atoms in total. The molecule has 0 radical (unpaired) electrons. The molecule has 1 atom stereocenters. The maximum absolute atomic E-state index is 13.4. The van der Waals surface area contributed by atoms with Gasteiger partial charge in [0.2, 0.25) is 0 Å². The second kappa shape index (κ2) is 8.82. The van der Waals surface area contributed by atoms with Crippen molar-refractivity contribution in [1.82, 2.24) is 25.0 Å². The lowest BCUT2D eigenvalue weighted by molar-refractivity contribution is 0.0727. The van der Waals surface area contributed by atoms with Gasteiger partial charge in [0.1, 0.15) is 17.1 Å². The van der Waals surface area contributed by atoms with Gasteiger partial charge >= 0.3 is 0 Å². The van der Waals surface area contributed by atoms with Gasteiger partial charge < -0.3 is 14.7 Å². The summed E-state index contributed by atoms with van der Waals surface area (Å²) in [7, 11) is 0. The Labute approximate surface area is 191 Å². The van der Waals surface area contributed by atoms with E-state index in [9.17, 15) is 4.79 Å². The third-order valence-electron chi connectivity index (χ3n) is 5.81. The SMILES string of the molecule is Cc1noc(C)c1C(=O)N1CCCC1c1nc(Nc2ccccc2)cc(-c2cccnc2)n1. The molecule has 166 valence electrons. The van der Waals surface area contributed by atoms with Crippen LogP contribution in [-0.2, 0) is 0 Å². The predicted octanol–water partition coefficient (Wildman–Crippen LogP) is 4.86. The van der Waals surface area contributed by atoms with Crippen molar-refractivity contribution >= 4 is 17.4 Å². The number of para-hydroxylation sites is 1. The fraction of sp³-hybridized carbons (Fsp3) is 0.240. The number of hydrogen-bond donors (Lipinski definition) is 1. The summed E-state index contributed by atoms with van der Waals surface area (Å²) < 4.78 is 5.23. The first-order chi connectivity index (χ1) is 16.1. The van der Waals surface area contributed by atoms with Crippen LogP contribution in [-0.4, -0.2) is 37.5 Å². The van der Waals surface area contributed by atoms with Gasteiger partial charge in [-0.1, -0.05) is 23.4 Å². The molecule has 4 aromatic rings. The van der Waals surface area contributed by atoms with E-state index in [0.29, 0.717) is 35.2 Å². The molecule has 1 fully saturated rings. The van der Waals surface area contributed by atoms with Crippen LogP contribution in [0.5, 0.6) is 0 Å². The Morgan fingerprint density at radius 3 is 2.70 bits per heavy atom. The topological polar surface area (TPSA) is 97.0 Å². The number of anilines is 2. The number of nitrogens with one attached hydrogen (secondary N) is 1. The highest BCUT2D eigenvalue weighted by molar-refractivity contribution is 5.96. The van der Waals surface area contributed by atoms with Crippen molar-refractivity contribution < 1.29 is 9.32 Å². The van der Waals surface area contributed by atoms with Crippen molar-refractivity contribution in [3.8, 4) is 11.3 Å². The third kappa shape index (κ3) is 4.19. The van der Waals surface area contributed by atoms with Crippen molar-refractivity contribution in [2.24, 2.45) is 0 Å². The van der Waals surface area contributed by atoms with Gasteiger partial charge in [-0.05, 0) is 51.0 Å². The smallest absolute Gasteiger partial charge is 0.259 e. The Balaban J connectivity index is 1.54. The Bertz CT molecular complexity index is 1250. The lowest BCUT2D eigenvalue weighted by atomic mass is 10.1. The van der Waals surface area contributed by atoms with Gasteiger partial charge in [-0.15, -0.1) is 0 Å². The zero-order chi connectivity index (χ0) is 22.8. The zero-order valence-electron chi connectivity index (χ0n) is 18.5. The largest absolute Gasteiger partial charge is 0.361 e. The van der Waals surface area contributed by atoms with Crippen LogP contribution < -0.4 is 5.32 Å². The van der Waals surface area contributed by atoms with Crippen LogP contribution >= 0.6 is 0 Å². The molecule has 1 unspecified atom stereocenters. The van der Waals surface area contributed by atoms with E-state index in [0.717, 1.165) is 29.8 Å². The van der Waals surface area contributed by atoms with Crippen LogP contribution in [0.1, 0.15) is 46.5 Å². The second-order valence-corrected chi connectivity index (χ2v) is 8.09. The molecule has 0 aliphatic carbocycles. The van der Waals surface area contributed by atoms with Crippen LogP contribution in [0.4, 0.5) is 11.5 Å². The summed E-state index contributed by atoms with van der Waals surface area (Å²) in [5, 5.41) is 7.32. The van der Waals surface area contributed by atoms with Gasteiger partial charge in [0.25, 0.3) is 5.91 Å². The number of hydrogen-bond acceptors (Lipinski definition) is 7. The average molecular weight is 441 g/mol. The first kappa shape index (κ1) is 20.8. The number of rotatable bonds is 5. The number of carbonyl (C=O) groups excluding carboxylic acids is 1. The Hall–Kier alpha value is -4.07. The summed E-state index contributed by atoms with van der Waals surface area (Å²) in [5.74, 6) is 1.70. The predicted molar refractivity (Wildman–Crippen MR) is 124 cm³/mol. The molecule has 1 aromatic carbocycles. The van der Waals surface area contributed by atoms with Crippen LogP contribution in [0.25, 0.3) is 11.3 Å². The van der Waals surface area contributed by atoms with Crippen LogP contribution in [0.3, 0.4) is 0 Å². The number of benzene rings is 1. The number of nitrogens with zero attached hydrogens (tertiary/aromatic N) is 5. The molecule has 0 saturated carbocycles. The van der Waals surface area contributed by atoms with Gasteiger partial charge in [-0.2, -0.15) is 0 Å². The van der Waals surface area contributed by atoms with E-state index in [-0.39, 0.29) is 11.9 Å². The fourth-order valence-corrected chi connectivity index (χ4v) is 4.22. The molecule has 1 aliphatic rings. The molecule has 4 heterocycles. The molecule has 1 aliphatic heterocycles. The van der Waals surface area contributed by atoms with Gasteiger partial charge in [0.15, 0.2) is 5.82 Å². The maximum atomic E-state index is 13.4. The number of aromatic nitrogens is 4.